The van der Waals surface area contributed by atoms with Crippen molar-refractivity contribution in [1.29, 1.82) is 0 Å². The summed E-state index contributed by atoms with van der Waals surface area (Å²) in [5, 5.41) is 3.84. The minimum atomic E-state index is 0.553. The summed E-state index contributed by atoms with van der Waals surface area (Å²) < 4.78 is 0. The first-order valence-corrected chi connectivity index (χ1v) is 7.53. The molecule has 2 rings (SSSR count). The molecule has 2 heteroatoms. The SMILES string of the molecule is Cc1ccc(C(NC(C)CCN(C)C)C2CC2)cc1. The Balaban J connectivity index is 1.94. The lowest BCUT2D eigenvalue weighted by molar-refractivity contribution is 0.340. The highest BCUT2D eigenvalue weighted by Crippen LogP contribution is 2.41. The highest BCUT2D eigenvalue weighted by molar-refractivity contribution is 5.25. The molecule has 0 bridgehead atoms. The second-order valence-corrected chi connectivity index (χ2v) is 6.39. The van der Waals surface area contributed by atoms with E-state index in [0.29, 0.717) is 12.1 Å². The summed E-state index contributed by atoms with van der Waals surface area (Å²) in [5.41, 5.74) is 2.81. The van der Waals surface area contributed by atoms with Crippen molar-refractivity contribution in [2.45, 2.75) is 45.2 Å². The number of aryl methyl sites for hydroxylation is 1. The molecule has 0 spiro atoms. The highest BCUT2D eigenvalue weighted by Gasteiger charge is 2.32. The lowest BCUT2D eigenvalue weighted by Crippen LogP contribution is -2.34. The third-order valence-corrected chi connectivity index (χ3v) is 4.00. The van der Waals surface area contributed by atoms with Gasteiger partial charge in [0, 0.05) is 12.1 Å². The molecular formula is C17H28N2. The largest absolute Gasteiger partial charge is 0.309 e. The topological polar surface area (TPSA) is 15.3 Å². The molecule has 1 saturated carbocycles. The minimum absolute atomic E-state index is 0.553. The molecule has 1 aliphatic carbocycles. The molecule has 0 heterocycles. The van der Waals surface area contributed by atoms with E-state index in [0.717, 1.165) is 12.5 Å². The fourth-order valence-electron chi connectivity index (χ4n) is 2.55. The van der Waals surface area contributed by atoms with Crippen LogP contribution in [-0.2, 0) is 0 Å². The van der Waals surface area contributed by atoms with Crippen LogP contribution in [0.4, 0.5) is 0 Å². The van der Waals surface area contributed by atoms with Crippen LogP contribution in [0, 0.1) is 12.8 Å². The molecule has 2 nitrogen and oxygen atoms in total. The first kappa shape index (κ1) is 14.5. The van der Waals surface area contributed by atoms with Crippen molar-refractivity contribution in [3.05, 3.63) is 35.4 Å². The molecule has 2 atom stereocenters. The number of nitrogens with one attached hydrogen (secondary N) is 1. The zero-order valence-corrected chi connectivity index (χ0v) is 12.8. The summed E-state index contributed by atoms with van der Waals surface area (Å²) in [5.74, 6) is 0.851. The predicted octanol–water partition coefficient (Wildman–Crippen LogP) is 3.38. The van der Waals surface area contributed by atoms with Gasteiger partial charge in [0.1, 0.15) is 0 Å². The Morgan fingerprint density at radius 1 is 1.21 bits per heavy atom. The normalized spacial score (nSPS) is 18.6. The van der Waals surface area contributed by atoms with Crippen molar-refractivity contribution >= 4 is 0 Å². The van der Waals surface area contributed by atoms with E-state index in [1.807, 2.05) is 0 Å². The number of hydrogen-bond acceptors (Lipinski definition) is 2. The Morgan fingerprint density at radius 2 is 1.84 bits per heavy atom. The first-order chi connectivity index (χ1) is 9.06. The Kier molecular flexibility index (Phi) is 5.00. The van der Waals surface area contributed by atoms with Crippen molar-refractivity contribution in [2.75, 3.05) is 20.6 Å². The van der Waals surface area contributed by atoms with Gasteiger partial charge in [-0.2, -0.15) is 0 Å². The van der Waals surface area contributed by atoms with Crippen LogP contribution < -0.4 is 5.32 Å². The number of benzene rings is 1. The number of rotatable bonds is 7. The van der Waals surface area contributed by atoms with Gasteiger partial charge in [-0.05, 0) is 65.2 Å². The first-order valence-electron chi connectivity index (χ1n) is 7.53. The summed E-state index contributed by atoms with van der Waals surface area (Å²) in [7, 11) is 4.29. The third-order valence-electron chi connectivity index (χ3n) is 4.00. The van der Waals surface area contributed by atoms with Gasteiger partial charge in [-0.25, -0.2) is 0 Å². The molecule has 1 fully saturated rings. The van der Waals surface area contributed by atoms with Gasteiger partial charge in [0.05, 0.1) is 0 Å². The second kappa shape index (κ2) is 6.53. The summed E-state index contributed by atoms with van der Waals surface area (Å²) >= 11 is 0. The van der Waals surface area contributed by atoms with Gasteiger partial charge in [0.25, 0.3) is 0 Å². The van der Waals surface area contributed by atoms with Crippen molar-refractivity contribution in [1.82, 2.24) is 10.2 Å². The van der Waals surface area contributed by atoms with E-state index in [1.54, 1.807) is 0 Å². The molecule has 2 unspecified atom stereocenters. The molecule has 1 aromatic rings. The number of hydrogen-bond donors (Lipinski definition) is 1. The van der Waals surface area contributed by atoms with E-state index in [1.165, 1.54) is 30.4 Å². The maximum atomic E-state index is 3.84. The highest BCUT2D eigenvalue weighted by atomic mass is 15.1. The Labute approximate surface area is 118 Å². The zero-order valence-electron chi connectivity index (χ0n) is 12.8. The Morgan fingerprint density at radius 3 is 2.37 bits per heavy atom. The molecule has 0 saturated heterocycles. The fraction of sp³-hybridized carbons (Fsp3) is 0.647. The fourth-order valence-corrected chi connectivity index (χ4v) is 2.55. The van der Waals surface area contributed by atoms with Crippen LogP contribution in [-0.4, -0.2) is 31.6 Å². The van der Waals surface area contributed by atoms with Crippen LogP contribution in [0.2, 0.25) is 0 Å². The van der Waals surface area contributed by atoms with Gasteiger partial charge in [-0.3, -0.25) is 0 Å². The van der Waals surface area contributed by atoms with Gasteiger partial charge >= 0.3 is 0 Å². The minimum Gasteiger partial charge on any atom is -0.309 e. The average Bonchev–Trinajstić information content (AvgIpc) is 3.19. The molecular weight excluding hydrogens is 232 g/mol. The molecule has 0 amide bonds. The quantitative estimate of drug-likeness (QED) is 0.808. The summed E-state index contributed by atoms with van der Waals surface area (Å²) in [6.07, 6.45) is 3.97. The molecule has 106 valence electrons. The molecule has 1 aromatic carbocycles. The Hall–Kier alpha value is -0.860. The Bertz CT molecular complexity index is 379. The van der Waals surface area contributed by atoms with E-state index < -0.39 is 0 Å². The van der Waals surface area contributed by atoms with Crippen LogP contribution >= 0.6 is 0 Å². The van der Waals surface area contributed by atoms with E-state index >= 15 is 0 Å². The summed E-state index contributed by atoms with van der Waals surface area (Å²) in [6, 6.07) is 10.2. The lowest BCUT2D eigenvalue weighted by atomic mass is 10.00. The maximum absolute atomic E-state index is 3.84. The summed E-state index contributed by atoms with van der Waals surface area (Å²) in [4.78, 5) is 2.26. The molecule has 1 N–H and O–H groups in total. The van der Waals surface area contributed by atoms with E-state index in [2.05, 4.69) is 62.4 Å². The van der Waals surface area contributed by atoms with Gasteiger partial charge < -0.3 is 10.2 Å². The van der Waals surface area contributed by atoms with Crippen molar-refractivity contribution in [3.63, 3.8) is 0 Å². The smallest absolute Gasteiger partial charge is 0.0350 e. The van der Waals surface area contributed by atoms with Crippen molar-refractivity contribution < 1.29 is 0 Å². The van der Waals surface area contributed by atoms with Gasteiger partial charge in [-0.1, -0.05) is 29.8 Å². The van der Waals surface area contributed by atoms with Gasteiger partial charge in [-0.15, -0.1) is 0 Å². The maximum Gasteiger partial charge on any atom is 0.0350 e. The zero-order chi connectivity index (χ0) is 13.8. The van der Waals surface area contributed by atoms with Crippen LogP contribution in [0.25, 0.3) is 0 Å². The van der Waals surface area contributed by atoms with E-state index in [9.17, 15) is 0 Å². The van der Waals surface area contributed by atoms with Crippen LogP contribution in [0.3, 0.4) is 0 Å². The van der Waals surface area contributed by atoms with Crippen LogP contribution in [0.5, 0.6) is 0 Å². The van der Waals surface area contributed by atoms with Gasteiger partial charge in [0.15, 0.2) is 0 Å². The van der Waals surface area contributed by atoms with Crippen molar-refractivity contribution in [3.8, 4) is 0 Å². The predicted molar refractivity (Wildman–Crippen MR) is 82.4 cm³/mol. The van der Waals surface area contributed by atoms with Crippen LogP contribution in [0.15, 0.2) is 24.3 Å². The second-order valence-electron chi connectivity index (χ2n) is 6.39. The van der Waals surface area contributed by atoms with E-state index in [-0.39, 0.29) is 0 Å². The summed E-state index contributed by atoms with van der Waals surface area (Å²) in [6.45, 7) is 5.62. The van der Waals surface area contributed by atoms with Crippen molar-refractivity contribution in [2.24, 2.45) is 5.92 Å². The van der Waals surface area contributed by atoms with E-state index in [4.69, 9.17) is 0 Å². The molecule has 19 heavy (non-hydrogen) atoms. The van der Waals surface area contributed by atoms with Gasteiger partial charge in [0.2, 0.25) is 0 Å². The lowest BCUT2D eigenvalue weighted by Gasteiger charge is -2.25. The standard InChI is InChI=1S/C17H28N2/c1-13-5-7-15(8-6-13)17(16-9-10-16)18-14(2)11-12-19(3)4/h5-8,14,16-18H,9-12H2,1-4H3. The third kappa shape index (κ3) is 4.63. The number of nitrogens with zero attached hydrogens (tertiary/aromatic N) is 1. The van der Waals surface area contributed by atoms with Crippen LogP contribution in [0.1, 0.15) is 43.4 Å². The molecule has 0 aromatic heterocycles. The molecule has 0 aliphatic heterocycles. The average molecular weight is 260 g/mol. The molecule has 1 aliphatic rings. The molecule has 0 radical (unpaired) electrons. The monoisotopic (exact) mass is 260 g/mol.